The zero-order chi connectivity index (χ0) is 16.9. The Labute approximate surface area is 152 Å². The average molecular weight is 380 g/mol. The van der Waals surface area contributed by atoms with E-state index in [-0.39, 0.29) is 17.0 Å². The molecule has 0 N–H and O–H groups in total. The van der Waals surface area contributed by atoms with E-state index >= 15 is 0 Å². The third-order valence-electron chi connectivity index (χ3n) is 3.06. The number of ether oxygens (including phenoxy) is 1. The number of aromatic nitrogens is 3. The van der Waals surface area contributed by atoms with E-state index < -0.39 is 5.97 Å². The highest BCUT2D eigenvalue weighted by Crippen LogP contribution is 2.26. The molecule has 0 spiro atoms. The molecule has 2 heterocycles. The van der Waals surface area contributed by atoms with Crippen LogP contribution < -0.4 is 0 Å². The van der Waals surface area contributed by atoms with E-state index in [9.17, 15) is 4.79 Å². The molecular weight excluding hydrogens is 369 g/mol. The summed E-state index contributed by atoms with van der Waals surface area (Å²) in [6.45, 7) is -0.0471. The maximum absolute atomic E-state index is 11.8. The number of hydrogen-bond donors (Lipinski definition) is 0. The molecular formula is C16H11Cl2N3O2S. The molecule has 2 aromatic heterocycles. The molecule has 0 saturated carbocycles. The first-order valence-corrected chi connectivity index (χ1v) is 8.51. The summed E-state index contributed by atoms with van der Waals surface area (Å²) in [6.07, 6.45) is 4.57. The standard InChI is InChI=1S/C16H11Cl2N3O2S/c17-15-12(10-23-14(22)7-6-13-19-8-9-24-13)21(16(18)20-15)11-4-2-1-3-5-11/h1-9H,10H2. The summed E-state index contributed by atoms with van der Waals surface area (Å²) in [5.74, 6) is -0.502. The van der Waals surface area contributed by atoms with Gasteiger partial charge in [0, 0.05) is 23.3 Å². The Morgan fingerprint density at radius 3 is 2.79 bits per heavy atom. The lowest BCUT2D eigenvalue weighted by molar-refractivity contribution is -0.139. The number of esters is 1. The van der Waals surface area contributed by atoms with Crippen molar-refractivity contribution in [3.8, 4) is 5.69 Å². The Morgan fingerprint density at radius 2 is 2.08 bits per heavy atom. The lowest BCUT2D eigenvalue weighted by Crippen LogP contribution is -2.06. The largest absolute Gasteiger partial charge is 0.456 e. The molecule has 0 saturated heterocycles. The second-order valence-electron chi connectivity index (χ2n) is 4.60. The fourth-order valence-corrected chi connectivity index (χ4v) is 3.08. The fraction of sp³-hybridized carbons (Fsp3) is 0.0625. The van der Waals surface area contributed by atoms with Crippen molar-refractivity contribution in [2.45, 2.75) is 6.61 Å². The Morgan fingerprint density at radius 1 is 1.29 bits per heavy atom. The van der Waals surface area contributed by atoms with Crippen LogP contribution in [-0.2, 0) is 16.1 Å². The first-order chi connectivity index (χ1) is 11.6. The second kappa shape index (κ2) is 7.61. The Kier molecular flexibility index (Phi) is 5.30. The molecule has 0 radical (unpaired) electrons. The third-order valence-corrected chi connectivity index (χ3v) is 4.36. The van der Waals surface area contributed by atoms with Crippen molar-refractivity contribution in [2.24, 2.45) is 0 Å². The zero-order valence-electron chi connectivity index (χ0n) is 12.2. The van der Waals surface area contributed by atoms with Crippen molar-refractivity contribution in [3.63, 3.8) is 0 Å². The normalized spacial score (nSPS) is 11.1. The highest BCUT2D eigenvalue weighted by Gasteiger charge is 2.17. The van der Waals surface area contributed by atoms with Gasteiger partial charge in [-0.05, 0) is 29.8 Å². The van der Waals surface area contributed by atoms with Gasteiger partial charge in [-0.15, -0.1) is 11.3 Å². The van der Waals surface area contributed by atoms with Crippen LogP contribution in [0.3, 0.4) is 0 Å². The van der Waals surface area contributed by atoms with Gasteiger partial charge in [-0.2, -0.15) is 0 Å². The zero-order valence-corrected chi connectivity index (χ0v) is 14.6. The monoisotopic (exact) mass is 379 g/mol. The van der Waals surface area contributed by atoms with Crippen LogP contribution in [0.25, 0.3) is 11.8 Å². The maximum atomic E-state index is 11.8. The van der Waals surface area contributed by atoms with Crippen LogP contribution >= 0.6 is 34.5 Å². The molecule has 0 aliphatic carbocycles. The Bertz CT molecular complexity index is 861. The minimum absolute atomic E-state index is 0.0471. The lowest BCUT2D eigenvalue weighted by atomic mass is 10.3. The van der Waals surface area contributed by atoms with Crippen LogP contribution in [0.1, 0.15) is 10.7 Å². The number of benzene rings is 1. The summed E-state index contributed by atoms with van der Waals surface area (Å²) in [6, 6.07) is 9.34. The van der Waals surface area contributed by atoms with E-state index in [1.54, 1.807) is 16.8 Å². The quantitative estimate of drug-likeness (QED) is 0.487. The predicted molar refractivity (Wildman–Crippen MR) is 94.5 cm³/mol. The van der Waals surface area contributed by atoms with Gasteiger partial charge >= 0.3 is 5.97 Å². The molecule has 0 fully saturated rings. The molecule has 1 aromatic carbocycles. The van der Waals surface area contributed by atoms with Gasteiger partial charge in [-0.3, -0.25) is 4.57 Å². The summed E-state index contributed by atoms with van der Waals surface area (Å²) in [5.41, 5.74) is 1.29. The van der Waals surface area contributed by atoms with Crippen molar-refractivity contribution in [3.05, 3.63) is 69.1 Å². The summed E-state index contributed by atoms with van der Waals surface area (Å²) in [4.78, 5) is 19.9. The lowest BCUT2D eigenvalue weighted by Gasteiger charge is -2.09. The maximum Gasteiger partial charge on any atom is 0.331 e. The van der Waals surface area contributed by atoms with E-state index in [4.69, 9.17) is 27.9 Å². The first kappa shape index (κ1) is 16.7. The molecule has 3 rings (SSSR count). The molecule has 3 aromatic rings. The van der Waals surface area contributed by atoms with E-state index in [0.29, 0.717) is 5.69 Å². The number of para-hydroxylation sites is 1. The number of carbonyl (C=O) groups excluding carboxylic acids is 1. The predicted octanol–water partition coefficient (Wildman–Crippen LogP) is 4.39. The first-order valence-electron chi connectivity index (χ1n) is 6.87. The number of thiazole rings is 1. The molecule has 5 nitrogen and oxygen atoms in total. The highest BCUT2D eigenvalue weighted by atomic mass is 35.5. The molecule has 0 atom stereocenters. The smallest absolute Gasteiger partial charge is 0.331 e. The number of nitrogens with zero attached hydrogens (tertiary/aromatic N) is 3. The third kappa shape index (κ3) is 3.84. The van der Waals surface area contributed by atoms with Crippen LogP contribution in [0.4, 0.5) is 0 Å². The SMILES string of the molecule is O=C(C=Cc1nccs1)OCc1c(Cl)nc(Cl)n1-c1ccccc1. The van der Waals surface area contributed by atoms with Crippen LogP contribution in [0, 0.1) is 0 Å². The van der Waals surface area contributed by atoms with Crippen molar-refractivity contribution in [1.29, 1.82) is 0 Å². The summed E-state index contributed by atoms with van der Waals surface area (Å²) in [5, 5.41) is 2.95. The van der Waals surface area contributed by atoms with Crippen LogP contribution in [-0.4, -0.2) is 20.5 Å². The van der Waals surface area contributed by atoms with Gasteiger partial charge < -0.3 is 4.74 Å². The van der Waals surface area contributed by atoms with Crippen LogP contribution in [0.5, 0.6) is 0 Å². The molecule has 0 aliphatic heterocycles. The molecule has 0 unspecified atom stereocenters. The minimum atomic E-state index is -0.502. The van der Waals surface area contributed by atoms with E-state index in [2.05, 4.69) is 9.97 Å². The summed E-state index contributed by atoms with van der Waals surface area (Å²) < 4.78 is 6.87. The van der Waals surface area contributed by atoms with Gasteiger partial charge in [-0.25, -0.2) is 14.8 Å². The van der Waals surface area contributed by atoms with Gasteiger partial charge in [-0.1, -0.05) is 29.8 Å². The highest BCUT2D eigenvalue weighted by molar-refractivity contribution is 7.10. The van der Waals surface area contributed by atoms with E-state index in [1.165, 1.54) is 17.4 Å². The van der Waals surface area contributed by atoms with Crippen LogP contribution in [0.2, 0.25) is 10.4 Å². The van der Waals surface area contributed by atoms with Crippen LogP contribution in [0.15, 0.2) is 48.0 Å². The van der Waals surface area contributed by atoms with Gasteiger partial charge in [0.15, 0.2) is 5.15 Å². The summed E-state index contributed by atoms with van der Waals surface area (Å²) >= 11 is 13.7. The van der Waals surface area contributed by atoms with Gasteiger partial charge in [0.2, 0.25) is 5.28 Å². The average Bonchev–Trinajstić information content (AvgIpc) is 3.19. The minimum Gasteiger partial charge on any atom is -0.456 e. The van der Waals surface area contributed by atoms with E-state index in [0.717, 1.165) is 10.7 Å². The molecule has 8 heteroatoms. The Balaban J connectivity index is 1.75. The van der Waals surface area contributed by atoms with Gasteiger partial charge in [0.05, 0.1) is 0 Å². The number of imidazole rings is 1. The van der Waals surface area contributed by atoms with Gasteiger partial charge in [0.25, 0.3) is 0 Å². The number of hydrogen-bond acceptors (Lipinski definition) is 5. The molecule has 0 bridgehead atoms. The van der Waals surface area contributed by atoms with Gasteiger partial charge in [0.1, 0.15) is 17.3 Å². The second-order valence-corrected chi connectivity index (χ2v) is 6.22. The van der Waals surface area contributed by atoms with E-state index in [1.807, 2.05) is 35.7 Å². The van der Waals surface area contributed by atoms with Crippen molar-refractivity contribution >= 4 is 46.6 Å². The van der Waals surface area contributed by atoms with Crippen molar-refractivity contribution in [2.75, 3.05) is 0 Å². The molecule has 24 heavy (non-hydrogen) atoms. The fourth-order valence-electron chi connectivity index (χ4n) is 2.01. The van der Waals surface area contributed by atoms with Crippen molar-refractivity contribution < 1.29 is 9.53 Å². The molecule has 0 amide bonds. The molecule has 0 aliphatic rings. The Hall–Kier alpha value is -2.15. The summed E-state index contributed by atoms with van der Waals surface area (Å²) in [7, 11) is 0. The number of rotatable bonds is 5. The number of halogens is 2. The topological polar surface area (TPSA) is 57.0 Å². The number of carbonyl (C=O) groups is 1. The molecule has 122 valence electrons. The van der Waals surface area contributed by atoms with Crippen molar-refractivity contribution in [1.82, 2.24) is 14.5 Å².